The van der Waals surface area contributed by atoms with Crippen molar-refractivity contribution in [3.63, 3.8) is 0 Å². The van der Waals surface area contributed by atoms with Gasteiger partial charge in [-0.15, -0.1) is 0 Å². The van der Waals surface area contributed by atoms with E-state index in [-0.39, 0.29) is 0 Å². The van der Waals surface area contributed by atoms with Crippen molar-refractivity contribution >= 4 is 5.91 Å². The molecular formula is C8H17N3O. The molecule has 3 N–H and O–H groups in total. The van der Waals surface area contributed by atoms with Gasteiger partial charge in [-0.1, -0.05) is 6.92 Å². The van der Waals surface area contributed by atoms with Gasteiger partial charge in [0.25, 0.3) is 0 Å². The molecule has 1 amide bonds. The summed E-state index contributed by atoms with van der Waals surface area (Å²) in [6, 6.07) is 0. The largest absolute Gasteiger partial charge is 0.366 e. The van der Waals surface area contributed by atoms with Crippen LogP contribution in [0.2, 0.25) is 0 Å². The van der Waals surface area contributed by atoms with Crippen molar-refractivity contribution in [3.8, 4) is 0 Å². The Hall–Kier alpha value is -1.03. The fourth-order valence-electron chi connectivity index (χ4n) is 0.678. The number of hydrogen-bond acceptors (Lipinski definition) is 3. The fourth-order valence-corrected chi connectivity index (χ4v) is 0.678. The van der Waals surface area contributed by atoms with Crippen molar-refractivity contribution in [2.75, 3.05) is 13.6 Å². The van der Waals surface area contributed by atoms with Crippen molar-refractivity contribution in [1.82, 2.24) is 10.4 Å². The van der Waals surface area contributed by atoms with E-state index in [0.717, 1.165) is 13.0 Å². The summed E-state index contributed by atoms with van der Waals surface area (Å²) in [5, 5.41) is 1.90. The number of nitrogens with one attached hydrogen (secondary N) is 1. The Balaban J connectivity index is 3.79. The van der Waals surface area contributed by atoms with Crippen molar-refractivity contribution in [3.05, 3.63) is 11.8 Å². The molecule has 0 aliphatic heterocycles. The van der Waals surface area contributed by atoms with Gasteiger partial charge in [-0.05, 0) is 13.3 Å². The van der Waals surface area contributed by atoms with E-state index in [4.69, 9.17) is 5.73 Å². The zero-order chi connectivity index (χ0) is 9.56. The second kappa shape index (κ2) is 5.60. The lowest BCUT2D eigenvalue weighted by molar-refractivity contribution is -0.114. The average Bonchev–Trinajstić information content (AvgIpc) is 2.00. The molecule has 0 heterocycles. The molecule has 0 rings (SSSR count). The highest BCUT2D eigenvalue weighted by molar-refractivity contribution is 5.91. The smallest absolute Gasteiger partial charge is 0.245 e. The van der Waals surface area contributed by atoms with Crippen molar-refractivity contribution in [2.24, 2.45) is 5.73 Å². The van der Waals surface area contributed by atoms with E-state index < -0.39 is 5.91 Å². The Morgan fingerprint density at radius 3 is 2.67 bits per heavy atom. The minimum atomic E-state index is -0.396. The lowest BCUT2D eigenvalue weighted by atomic mass is 10.3. The van der Waals surface area contributed by atoms with Gasteiger partial charge in [0.1, 0.15) is 0 Å². The van der Waals surface area contributed by atoms with E-state index in [1.807, 2.05) is 12.1 Å². The molecule has 0 aliphatic carbocycles. The number of nitrogens with two attached hydrogens (primary N) is 1. The molecule has 0 saturated heterocycles. The maximum absolute atomic E-state index is 10.6. The van der Waals surface area contributed by atoms with Gasteiger partial charge >= 0.3 is 0 Å². The van der Waals surface area contributed by atoms with Gasteiger partial charge in [0.15, 0.2) is 0 Å². The van der Waals surface area contributed by atoms with E-state index in [9.17, 15) is 4.79 Å². The number of rotatable bonds is 5. The number of hydrazine groups is 1. The molecule has 0 aromatic rings. The molecule has 0 unspecified atom stereocenters. The van der Waals surface area contributed by atoms with E-state index >= 15 is 0 Å². The van der Waals surface area contributed by atoms with Crippen LogP contribution in [0.25, 0.3) is 0 Å². The number of amides is 1. The lowest BCUT2D eigenvalue weighted by Gasteiger charge is -2.15. The number of hydrogen-bond donors (Lipinski definition) is 2. The Kier molecular flexibility index (Phi) is 5.12. The first-order valence-corrected chi connectivity index (χ1v) is 4.01. The van der Waals surface area contributed by atoms with E-state index in [1.54, 1.807) is 13.1 Å². The topological polar surface area (TPSA) is 58.4 Å². The van der Waals surface area contributed by atoms with Crippen LogP contribution in [0.1, 0.15) is 20.3 Å². The first kappa shape index (κ1) is 11.0. The van der Waals surface area contributed by atoms with Crippen LogP contribution < -0.4 is 11.2 Å². The summed E-state index contributed by atoms with van der Waals surface area (Å²) in [6.45, 7) is 4.69. The predicted molar refractivity (Wildman–Crippen MR) is 49.0 cm³/mol. The third-order valence-electron chi connectivity index (χ3n) is 1.45. The molecule has 0 atom stereocenters. The van der Waals surface area contributed by atoms with Crippen molar-refractivity contribution in [2.45, 2.75) is 20.3 Å². The normalized spacial score (nSPS) is 11.8. The molecule has 0 spiro atoms. The summed E-state index contributed by atoms with van der Waals surface area (Å²) >= 11 is 0. The average molecular weight is 171 g/mol. The molecule has 0 aromatic carbocycles. The molecule has 4 nitrogen and oxygen atoms in total. The fraction of sp³-hybridized carbons (Fsp3) is 0.625. The van der Waals surface area contributed by atoms with Crippen LogP contribution >= 0.6 is 0 Å². The molecule has 4 heteroatoms. The highest BCUT2D eigenvalue weighted by atomic mass is 16.1. The molecule has 0 fully saturated rings. The summed E-state index contributed by atoms with van der Waals surface area (Å²) < 4.78 is 0. The van der Waals surface area contributed by atoms with Crippen LogP contribution in [0.3, 0.4) is 0 Å². The van der Waals surface area contributed by atoms with E-state index in [2.05, 4.69) is 12.3 Å². The van der Waals surface area contributed by atoms with Crippen molar-refractivity contribution in [1.29, 1.82) is 0 Å². The summed E-state index contributed by atoms with van der Waals surface area (Å²) in [6.07, 6.45) is 2.67. The maximum atomic E-state index is 10.6. The quantitative estimate of drug-likeness (QED) is 0.459. The van der Waals surface area contributed by atoms with E-state index in [0.29, 0.717) is 5.57 Å². The standard InChI is InChI=1S/C8H17N3O/c1-4-5-11(3)10-6-7(2)8(9)12/h6,10H,4-5H2,1-3H3,(H2,9,12)/b7-6+. The van der Waals surface area contributed by atoms with Gasteiger partial charge < -0.3 is 11.2 Å². The number of carbonyl (C=O) groups is 1. The Morgan fingerprint density at radius 2 is 2.25 bits per heavy atom. The Labute approximate surface area is 73.4 Å². The summed E-state index contributed by atoms with van der Waals surface area (Å²) in [7, 11) is 1.91. The molecule has 12 heavy (non-hydrogen) atoms. The van der Waals surface area contributed by atoms with Gasteiger partial charge in [-0.3, -0.25) is 4.79 Å². The molecular weight excluding hydrogens is 154 g/mol. The van der Waals surface area contributed by atoms with Gasteiger partial charge in [0.05, 0.1) is 0 Å². The van der Waals surface area contributed by atoms with Crippen LogP contribution in [0, 0.1) is 0 Å². The molecule has 0 saturated carbocycles. The van der Waals surface area contributed by atoms with Gasteiger partial charge in [-0.2, -0.15) is 0 Å². The van der Waals surface area contributed by atoms with Crippen molar-refractivity contribution < 1.29 is 4.79 Å². The molecule has 0 radical (unpaired) electrons. The zero-order valence-electron chi connectivity index (χ0n) is 7.92. The van der Waals surface area contributed by atoms with E-state index in [1.165, 1.54) is 0 Å². The SMILES string of the molecule is CCCN(C)N/C=C(\C)C(N)=O. The third kappa shape index (κ3) is 4.73. The number of nitrogens with zero attached hydrogens (tertiary/aromatic N) is 1. The minimum absolute atomic E-state index is 0.396. The second-order valence-corrected chi connectivity index (χ2v) is 2.74. The summed E-state index contributed by atoms with van der Waals surface area (Å²) in [5.74, 6) is -0.396. The molecule has 0 aliphatic rings. The second-order valence-electron chi connectivity index (χ2n) is 2.74. The number of carbonyl (C=O) groups excluding carboxylic acids is 1. The predicted octanol–water partition coefficient (Wildman–Crippen LogP) is 0.222. The van der Waals surface area contributed by atoms with Crippen LogP contribution in [0.5, 0.6) is 0 Å². The molecule has 0 aromatic heterocycles. The zero-order valence-corrected chi connectivity index (χ0v) is 7.92. The number of primary amides is 1. The molecule has 0 bridgehead atoms. The van der Waals surface area contributed by atoms with Gasteiger partial charge in [-0.25, -0.2) is 5.01 Å². The van der Waals surface area contributed by atoms with Gasteiger partial charge in [0, 0.05) is 25.4 Å². The first-order valence-electron chi connectivity index (χ1n) is 4.01. The van der Waals surface area contributed by atoms with Crippen LogP contribution in [0.15, 0.2) is 11.8 Å². The van der Waals surface area contributed by atoms with Crippen LogP contribution in [-0.4, -0.2) is 24.5 Å². The Bertz CT molecular complexity index is 177. The highest BCUT2D eigenvalue weighted by Gasteiger charge is 1.96. The lowest BCUT2D eigenvalue weighted by Crippen LogP contribution is -2.31. The monoisotopic (exact) mass is 171 g/mol. The third-order valence-corrected chi connectivity index (χ3v) is 1.45. The minimum Gasteiger partial charge on any atom is -0.366 e. The maximum Gasteiger partial charge on any atom is 0.245 e. The van der Waals surface area contributed by atoms with Gasteiger partial charge in [0.2, 0.25) is 5.91 Å². The summed E-state index contributed by atoms with van der Waals surface area (Å²) in [4.78, 5) is 10.6. The molecule has 70 valence electrons. The van der Waals surface area contributed by atoms with Crippen LogP contribution in [0.4, 0.5) is 0 Å². The first-order chi connectivity index (χ1) is 5.57. The Morgan fingerprint density at radius 1 is 1.67 bits per heavy atom. The summed E-state index contributed by atoms with van der Waals surface area (Å²) in [5.41, 5.74) is 8.49. The van der Waals surface area contributed by atoms with Crippen LogP contribution in [-0.2, 0) is 4.79 Å². The highest BCUT2D eigenvalue weighted by Crippen LogP contribution is 1.88.